The number of benzene rings is 2. The Balaban J connectivity index is 2.12. The normalized spacial score (nSPS) is 10.8. The molecular weight excluding hydrogens is 425 g/mol. The fourth-order valence-corrected chi connectivity index (χ4v) is 2.97. The molecule has 0 aliphatic carbocycles. The van der Waals surface area contributed by atoms with Crippen LogP contribution in [0.25, 0.3) is 0 Å². The number of nitrogens with one attached hydrogen (secondary N) is 1. The van der Waals surface area contributed by atoms with Gasteiger partial charge in [0.2, 0.25) is 0 Å². The van der Waals surface area contributed by atoms with Gasteiger partial charge in [0, 0.05) is 30.2 Å². The molecule has 0 bridgehead atoms. The lowest BCUT2D eigenvalue weighted by atomic mass is 10.2. The molecule has 0 radical (unpaired) electrons. The summed E-state index contributed by atoms with van der Waals surface area (Å²) >= 11 is 9.63. The van der Waals surface area contributed by atoms with E-state index >= 15 is 0 Å². The SMILES string of the molecule is CCOc1cc(CNCCOC)c(Br)cc1OCc1ccc(F)cc1Cl. The van der Waals surface area contributed by atoms with E-state index in [4.69, 9.17) is 25.8 Å². The monoisotopic (exact) mass is 445 g/mol. The Morgan fingerprint density at radius 2 is 1.88 bits per heavy atom. The van der Waals surface area contributed by atoms with Crippen molar-refractivity contribution in [1.29, 1.82) is 0 Å². The van der Waals surface area contributed by atoms with Crippen molar-refractivity contribution < 1.29 is 18.6 Å². The van der Waals surface area contributed by atoms with Crippen LogP contribution < -0.4 is 14.8 Å². The summed E-state index contributed by atoms with van der Waals surface area (Å²) in [7, 11) is 1.67. The second-order valence-corrected chi connectivity index (χ2v) is 6.78. The van der Waals surface area contributed by atoms with Gasteiger partial charge >= 0.3 is 0 Å². The smallest absolute Gasteiger partial charge is 0.162 e. The van der Waals surface area contributed by atoms with Gasteiger partial charge in [0.1, 0.15) is 12.4 Å². The van der Waals surface area contributed by atoms with E-state index in [1.54, 1.807) is 13.2 Å². The Labute approximate surface area is 166 Å². The van der Waals surface area contributed by atoms with Crippen LogP contribution in [0, 0.1) is 5.82 Å². The largest absolute Gasteiger partial charge is 0.490 e. The lowest BCUT2D eigenvalue weighted by molar-refractivity contribution is 0.199. The zero-order valence-electron chi connectivity index (χ0n) is 14.8. The van der Waals surface area contributed by atoms with Gasteiger partial charge in [-0.1, -0.05) is 33.6 Å². The van der Waals surface area contributed by atoms with Crippen molar-refractivity contribution in [2.45, 2.75) is 20.1 Å². The van der Waals surface area contributed by atoms with Crippen LogP contribution in [0.4, 0.5) is 4.39 Å². The summed E-state index contributed by atoms with van der Waals surface area (Å²) < 4.78 is 30.7. The fourth-order valence-electron chi connectivity index (χ4n) is 2.29. The number of methoxy groups -OCH3 is 1. The summed E-state index contributed by atoms with van der Waals surface area (Å²) in [5.74, 6) is 0.874. The number of ether oxygens (including phenoxy) is 3. The van der Waals surface area contributed by atoms with E-state index in [1.165, 1.54) is 12.1 Å². The van der Waals surface area contributed by atoms with Gasteiger partial charge in [-0.3, -0.25) is 0 Å². The molecule has 26 heavy (non-hydrogen) atoms. The number of hydrogen-bond donors (Lipinski definition) is 1. The summed E-state index contributed by atoms with van der Waals surface area (Å²) in [6.07, 6.45) is 0. The maximum absolute atomic E-state index is 13.2. The molecule has 0 aromatic heterocycles. The Morgan fingerprint density at radius 1 is 1.12 bits per heavy atom. The summed E-state index contributed by atoms with van der Waals surface area (Å²) in [6, 6.07) is 8.05. The van der Waals surface area contributed by atoms with E-state index in [2.05, 4.69) is 21.2 Å². The lowest BCUT2D eigenvalue weighted by Crippen LogP contribution is -2.18. The van der Waals surface area contributed by atoms with Crippen molar-refractivity contribution >= 4 is 27.5 Å². The molecule has 0 fully saturated rings. The molecular formula is C19H22BrClFNO3. The molecule has 7 heteroatoms. The third-order valence-corrected chi connectivity index (χ3v) is 4.70. The third kappa shape index (κ3) is 6.13. The minimum atomic E-state index is -0.373. The Morgan fingerprint density at radius 3 is 2.58 bits per heavy atom. The molecule has 0 saturated heterocycles. The summed E-state index contributed by atoms with van der Waals surface area (Å²) in [6.45, 7) is 4.74. The topological polar surface area (TPSA) is 39.7 Å². The van der Waals surface area contributed by atoms with E-state index in [0.29, 0.717) is 41.8 Å². The molecule has 2 aromatic rings. The fraction of sp³-hybridized carbons (Fsp3) is 0.368. The first kappa shape index (κ1) is 21.0. The van der Waals surface area contributed by atoms with Gasteiger partial charge in [-0.25, -0.2) is 4.39 Å². The Kier molecular flexibility index (Phi) is 8.65. The van der Waals surface area contributed by atoms with E-state index in [0.717, 1.165) is 16.6 Å². The average Bonchev–Trinajstić information content (AvgIpc) is 2.61. The highest BCUT2D eigenvalue weighted by molar-refractivity contribution is 9.10. The molecule has 0 saturated carbocycles. The molecule has 142 valence electrons. The quantitative estimate of drug-likeness (QED) is 0.524. The minimum Gasteiger partial charge on any atom is -0.490 e. The molecule has 0 atom stereocenters. The van der Waals surface area contributed by atoms with Gasteiger partial charge in [0.25, 0.3) is 0 Å². The lowest BCUT2D eigenvalue weighted by Gasteiger charge is -2.16. The minimum absolute atomic E-state index is 0.219. The van der Waals surface area contributed by atoms with Gasteiger partial charge in [-0.15, -0.1) is 0 Å². The first-order valence-electron chi connectivity index (χ1n) is 8.26. The third-order valence-electron chi connectivity index (χ3n) is 3.61. The van der Waals surface area contributed by atoms with Crippen LogP contribution in [0.2, 0.25) is 5.02 Å². The predicted molar refractivity (Wildman–Crippen MR) is 105 cm³/mol. The van der Waals surface area contributed by atoms with Crippen LogP contribution in [0.15, 0.2) is 34.8 Å². The summed E-state index contributed by atoms with van der Waals surface area (Å²) in [5, 5.41) is 3.63. The van der Waals surface area contributed by atoms with Crippen LogP contribution in [0.3, 0.4) is 0 Å². The highest BCUT2D eigenvalue weighted by Crippen LogP contribution is 2.35. The first-order valence-corrected chi connectivity index (χ1v) is 9.43. The zero-order chi connectivity index (χ0) is 18.9. The van der Waals surface area contributed by atoms with Crippen molar-refractivity contribution in [2.75, 3.05) is 26.9 Å². The molecule has 2 rings (SSSR count). The number of rotatable bonds is 10. The van der Waals surface area contributed by atoms with Gasteiger partial charge in [0.05, 0.1) is 18.2 Å². The maximum Gasteiger partial charge on any atom is 0.162 e. The molecule has 0 spiro atoms. The van der Waals surface area contributed by atoms with Crippen molar-refractivity contribution in [3.8, 4) is 11.5 Å². The van der Waals surface area contributed by atoms with E-state index in [-0.39, 0.29) is 12.4 Å². The Hall–Kier alpha value is -1.34. The molecule has 0 unspecified atom stereocenters. The van der Waals surface area contributed by atoms with Crippen LogP contribution in [-0.4, -0.2) is 26.9 Å². The highest BCUT2D eigenvalue weighted by Gasteiger charge is 2.12. The summed E-state index contributed by atoms with van der Waals surface area (Å²) in [4.78, 5) is 0. The first-order chi connectivity index (χ1) is 12.5. The predicted octanol–water partition coefficient (Wildman–Crippen LogP) is 4.96. The van der Waals surface area contributed by atoms with E-state index in [1.807, 2.05) is 19.1 Å². The molecule has 0 amide bonds. The standard InChI is InChI=1S/C19H22BrClFNO3/c1-3-25-18-8-14(11-23-6-7-24-2)16(20)10-19(18)26-12-13-4-5-15(22)9-17(13)21/h4-5,8-10,23H,3,6-7,11-12H2,1-2H3. The molecule has 0 heterocycles. The zero-order valence-corrected chi connectivity index (χ0v) is 17.1. The number of hydrogen-bond acceptors (Lipinski definition) is 4. The highest BCUT2D eigenvalue weighted by atomic mass is 79.9. The van der Waals surface area contributed by atoms with Crippen LogP contribution in [0.5, 0.6) is 11.5 Å². The van der Waals surface area contributed by atoms with E-state index in [9.17, 15) is 4.39 Å². The van der Waals surface area contributed by atoms with Gasteiger partial charge in [0.15, 0.2) is 11.5 Å². The second-order valence-electron chi connectivity index (χ2n) is 5.52. The van der Waals surface area contributed by atoms with Crippen LogP contribution >= 0.6 is 27.5 Å². The molecule has 4 nitrogen and oxygen atoms in total. The van der Waals surface area contributed by atoms with Gasteiger partial charge < -0.3 is 19.5 Å². The molecule has 0 aliphatic rings. The van der Waals surface area contributed by atoms with Crippen LogP contribution in [-0.2, 0) is 17.9 Å². The van der Waals surface area contributed by atoms with Gasteiger partial charge in [-0.2, -0.15) is 0 Å². The second kappa shape index (κ2) is 10.7. The maximum atomic E-state index is 13.2. The van der Waals surface area contributed by atoms with Crippen molar-refractivity contribution in [1.82, 2.24) is 5.32 Å². The van der Waals surface area contributed by atoms with Crippen molar-refractivity contribution in [3.63, 3.8) is 0 Å². The van der Waals surface area contributed by atoms with Crippen molar-refractivity contribution in [2.24, 2.45) is 0 Å². The molecule has 0 aliphatic heterocycles. The van der Waals surface area contributed by atoms with Gasteiger partial charge in [-0.05, 0) is 36.8 Å². The molecule has 1 N–H and O–H groups in total. The van der Waals surface area contributed by atoms with Crippen molar-refractivity contribution in [3.05, 3.63) is 56.8 Å². The summed E-state index contributed by atoms with van der Waals surface area (Å²) in [5.41, 5.74) is 1.76. The van der Waals surface area contributed by atoms with E-state index < -0.39 is 0 Å². The number of halogens is 3. The average molecular weight is 447 g/mol. The Bertz CT molecular complexity index is 730. The molecule has 2 aromatic carbocycles. The van der Waals surface area contributed by atoms with Crippen LogP contribution in [0.1, 0.15) is 18.1 Å².